The Balaban J connectivity index is 1.74. The fraction of sp³-hybridized carbons (Fsp3) is 0.350. The smallest absolute Gasteiger partial charge is 0.254 e. The second-order valence-corrected chi connectivity index (χ2v) is 6.97. The Morgan fingerprint density at radius 2 is 1.85 bits per heavy atom. The molecule has 1 fully saturated rings. The molecule has 2 aromatic carbocycles. The number of carbonyl (C=O) groups excluding carboxylic acids is 1. The molecule has 0 unspecified atom stereocenters. The van der Waals surface area contributed by atoms with Crippen LogP contribution in [0.3, 0.4) is 0 Å². The molecule has 0 saturated carbocycles. The van der Waals surface area contributed by atoms with Gasteiger partial charge in [-0.15, -0.1) is 0 Å². The van der Waals surface area contributed by atoms with Crippen molar-refractivity contribution in [2.24, 2.45) is 0 Å². The van der Waals surface area contributed by atoms with Crippen LogP contribution < -0.4 is 14.6 Å². The van der Waals surface area contributed by atoms with Crippen LogP contribution in [0.5, 0.6) is 11.5 Å². The number of methoxy groups -OCH3 is 1. The summed E-state index contributed by atoms with van der Waals surface area (Å²) < 4.78 is 17.7. The number of amides is 1. The van der Waals surface area contributed by atoms with Gasteiger partial charge in [0, 0.05) is 42.0 Å². The van der Waals surface area contributed by atoms with Gasteiger partial charge in [-0.1, -0.05) is 23.7 Å². The predicted octanol–water partition coefficient (Wildman–Crippen LogP) is 4.19. The van der Waals surface area contributed by atoms with Crippen LogP contribution in [0.4, 0.5) is 10.2 Å². The third-order valence-electron chi connectivity index (χ3n) is 5.04. The molecular weight excluding hydrogens is 371 g/mol. The molecule has 0 aromatic heterocycles. The minimum absolute atomic E-state index is 0.00535. The third-order valence-corrected chi connectivity index (χ3v) is 5.32. The standard InChI is InChI=1S/C20H22ClFN2O3/c1-13-5-4-6-17(14(13)2)23-7-9-24(10-8-23)20(25)15-11-16(21)19(27-22)18(12-15)26-3/h4-6,11-12H,7-10H2,1-3H3. The van der Waals surface area contributed by atoms with E-state index in [4.69, 9.17) is 16.3 Å². The molecule has 144 valence electrons. The Bertz CT molecular complexity index is 851. The fourth-order valence-corrected chi connectivity index (χ4v) is 3.57. The molecule has 3 rings (SSSR count). The monoisotopic (exact) mass is 392 g/mol. The Labute approximate surface area is 163 Å². The molecule has 0 atom stereocenters. The molecule has 1 heterocycles. The number of nitrogens with zero attached hydrogens (tertiary/aromatic N) is 2. The van der Waals surface area contributed by atoms with E-state index in [-0.39, 0.29) is 22.4 Å². The summed E-state index contributed by atoms with van der Waals surface area (Å²) in [6.07, 6.45) is 0. The molecule has 27 heavy (non-hydrogen) atoms. The van der Waals surface area contributed by atoms with Gasteiger partial charge in [-0.2, -0.15) is 0 Å². The lowest BCUT2D eigenvalue weighted by Gasteiger charge is -2.37. The molecule has 1 aliphatic rings. The highest BCUT2D eigenvalue weighted by Gasteiger charge is 2.25. The summed E-state index contributed by atoms with van der Waals surface area (Å²) in [5.41, 5.74) is 4.06. The van der Waals surface area contributed by atoms with E-state index in [0.717, 1.165) is 13.1 Å². The number of halogens is 2. The number of anilines is 1. The Morgan fingerprint density at radius 1 is 1.15 bits per heavy atom. The Kier molecular flexibility index (Phi) is 5.75. The first-order valence-electron chi connectivity index (χ1n) is 8.72. The van der Waals surface area contributed by atoms with E-state index in [9.17, 15) is 9.32 Å². The molecule has 0 spiro atoms. The van der Waals surface area contributed by atoms with Crippen LogP contribution in [0.25, 0.3) is 0 Å². The van der Waals surface area contributed by atoms with Crippen LogP contribution in [0, 0.1) is 13.8 Å². The maximum atomic E-state index is 12.8. The van der Waals surface area contributed by atoms with E-state index in [1.54, 1.807) is 4.90 Å². The second kappa shape index (κ2) is 8.05. The maximum Gasteiger partial charge on any atom is 0.254 e. The van der Waals surface area contributed by atoms with Crippen molar-refractivity contribution in [3.63, 3.8) is 0 Å². The van der Waals surface area contributed by atoms with Crippen LogP contribution in [-0.4, -0.2) is 44.1 Å². The predicted molar refractivity (Wildman–Crippen MR) is 104 cm³/mol. The Hall–Kier alpha value is -2.47. The summed E-state index contributed by atoms with van der Waals surface area (Å²) in [7, 11) is 1.37. The van der Waals surface area contributed by atoms with E-state index in [0.29, 0.717) is 18.7 Å². The van der Waals surface area contributed by atoms with Crippen LogP contribution in [0.15, 0.2) is 30.3 Å². The van der Waals surface area contributed by atoms with Gasteiger partial charge in [0.25, 0.3) is 5.91 Å². The summed E-state index contributed by atoms with van der Waals surface area (Å²) in [5, 5.41) is -0.00535. The molecule has 1 amide bonds. The van der Waals surface area contributed by atoms with E-state index in [2.05, 4.69) is 41.9 Å². The highest BCUT2D eigenvalue weighted by molar-refractivity contribution is 6.32. The molecule has 0 N–H and O–H groups in total. The van der Waals surface area contributed by atoms with Crippen molar-refractivity contribution < 1.29 is 19.0 Å². The number of benzene rings is 2. The van der Waals surface area contributed by atoms with Crippen LogP contribution in [0.1, 0.15) is 21.5 Å². The third kappa shape index (κ3) is 3.81. The molecule has 2 aromatic rings. The molecule has 0 bridgehead atoms. The van der Waals surface area contributed by atoms with Crippen molar-refractivity contribution in [2.45, 2.75) is 13.8 Å². The van der Waals surface area contributed by atoms with Crippen molar-refractivity contribution in [1.82, 2.24) is 4.90 Å². The SMILES string of the molecule is COc1cc(C(=O)N2CCN(c3cccc(C)c3C)CC2)cc(Cl)c1OF. The van der Waals surface area contributed by atoms with Gasteiger partial charge in [0.15, 0.2) is 5.75 Å². The largest absolute Gasteiger partial charge is 0.493 e. The highest BCUT2D eigenvalue weighted by Crippen LogP contribution is 2.37. The number of hydrogen-bond donors (Lipinski definition) is 0. The van der Waals surface area contributed by atoms with Crippen LogP contribution >= 0.6 is 11.6 Å². The summed E-state index contributed by atoms with van der Waals surface area (Å²) in [6, 6.07) is 9.11. The zero-order valence-corrected chi connectivity index (χ0v) is 16.3. The van der Waals surface area contributed by atoms with Crippen molar-refractivity contribution in [3.8, 4) is 11.5 Å². The first-order valence-corrected chi connectivity index (χ1v) is 9.10. The minimum Gasteiger partial charge on any atom is -0.493 e. The number of aryl methyl sites for hydroxylation is 1. The van der Waals surface area contributed by atoms with Gasteiger partial charge in [-0.05, 0) is 43.2 Å². The average Bonchev–Trinajstić information content (AvgIpc) is 2.69. The number of piperazine rings is 1. The molecule has 1 aliphatic heterocycles. The number of ether oxygens (including phenoxy) is 1. The van der Waals surface area contributed by atoms with Crippen molar-refractivity contribution in [2.75, 3.05) is 38.2 Å². The Morgan fingerprint density at radius 3 is 2.48 bits per heavy atom. The lowest BCUT2D eigenvalue weighted by molar-refractivity contribution is -0.00886. The molecule has 0 aliphatic carbocycles. The van der Waals surface area contributed by atoms with E-state index < -0.39 is 0 Å². The van der Waals surface area contributed by atoms with Gasteiger partial charge >= 0.3 is 0 Å². The molecule has 5 nitrogen and oxygen atoms in total. The molecule has 7 heteroatoms. The highest BCUT2D eigenvalue weighted by atomic mass is 35.5. The van der Waals surface area contributed by atoms with E-state index >= 15 is 0 Å². The van der Waals surface area contributed by atoms with E-state index in [1.165, 1.54) is 36.1 Å². The van der Waals surface area contributed by atoms with Gasteiger partial charge in [0.2, 0.25) is 5.75 Å². The number of rotatable bonds is 4. The van der Waals surface area contributed by atoms with Gasteiger partial charge in [0.05, 0.1) is 12.1 Å². The summed E-state index contributed by atoms with van der Waals surface area (Å²) in [5.74, 6) is -0.306. The van der Waals surface area contributed by atoms with Crippen LogP contribution in [0.2, 0.25) is 5.02 Å². The minimum atomic E-state index is -0.226. The number of hydrogen-bond acceptors (Lipinski definition) is 4. The normalized spacial score (nSPS) is 14.3. The molecule has 0 radical (unpaired) electrons. The topological polar surface area (TPSA) is 42.0 Å². The van der Waals surface area contributed by atoms with Gasteiger partial charge in [-0.25, -0.2) is 0 Å². The van der Waals surface area contributed by atoms with Crippen molar-refractivity contribution in [1.29, 1.82) is 0 Å². The van der Waals surface area contributed by atoms with Gasteiger partial charge in [-0.3, -0.25) is 9.74 Å². The first kappa shape index (κ1) is 19.3. The molecular formula is C20H22ClFN2O3. The van der Waals surface area contributed by atoms with Crippen LogP contribution in [-0.2, 0) is 0 Å². The quantitative estimate of drug-likeness (QED) is 0.782. The lowest BCUT2D eigenvalue weighted by atomic mass is 10.1. The molecule has 1 saturated heterocycles. The van der Waals surface area contributed by atoms with Crippen molar-refractivity contribution >= 4 is 23.2 Å². The summed E-state index contributed by atoms with van der Waals surface area (Å²) in [4.78, 5) is 20.6. The lowest BCUT2D eigenvalue weighted by Crippen LogP contribution is -2.49. The van der Waals surface area contributed by atoms with Gasteiger partial charge in [0.1, 0.15) is 0 Å². The first-order chi connectivity index (χ1) is 13.0. The average molecular weight is 393 g/mol. The summed E-state index contributed by atoms with van der Waals surface area (Å²) in [6.45, 7) is 6.88. The van der Waals surface area contributed by atoms with E-state index in [1.807, 2.05) is 0 Å². The maximum absolute atomic E-state index is 12.8. The zero-order valence-electron chi connectivity index (χ0n) is 15.6. The van der Waals surface area contributed by atoms with Gasteiger partial charge < -0.3 is 14.5 Å². The summed E-state index contributed by atoms with van der Waals surface area (Å²) >= 11 is 6.01. The number of carbonyl (C=O) groups is 1. The van der Waals surface area contributed by atoms with Crippen molar-refractivity contribution in [3.05, 3.63) is 52.0 Å². The second-order valence-electron chi connectivity index (χ2n) is 6.56. The fourth-order valence-electron chi connectivity index (χ4n) is 3.33. The zero-order chi connectivity index (χ0) is 19.6.